The number of halogens is 1. The van der Waals surface area contributed by atoms with Gasteiger partial charge in [-0.25, -0.2) is 8.42 Å². The maximum atomic E-state index is 12.5. The Morgan fingerprint density at radius 1 is 1.19 bits per heavy atom. The van der Waals surface area contributed by atoms with Gasteiger partial charge in [0.15, 0.2) is 20.8 Å². The van der Waals surface area contributed by atoms with Crippen molar-refractivity contribution in [3.63, 3.8) is 0 Å². The second-order valence-corrected chi connectivity index (χ2v) is 10.7. The average Bonchev–Trinajstić information content (AvgIpc) is 3.51. The predicted molar refractivity (Wildman–Crippen MR) is 123 cm³/mol. The van der Waals surface area contributed by atoms with Crippen molar-refractivity contribution in [2.24, 2.45) is 0 Å². The minimum absolute atomic E-state index is 0.0638. The van der Waals surface area contributed by atoms with E-state index in [0.717, 1.165) is 19.1 Å². The molecule has 1 aliphatic rings. The first-order chi connectivity index (χ1) is 15.3. The van der Waals surface area contributed by atoms with Crippen LogP contribution in [0.5, 0.6) is 5.75 Å². The molecule has 0 unspecified atom stereocenters. The fourth-order valence-corrected chi connectivity index (χ4v) is 4.98. The molecule has 11 heteroatoms. The quantitative estimate of drug-likeness (QED) is 0.450. The van der Waals surface area contributed by atoms with Gasteiger partial charge >= 0.3 is 0 Å². The van der Waals surface area contributed by atoms with Crippen molar-refractivity contribution in [2.75, 3.05) is 17.3 Å². The lowest BCUT2D eigenvalue weighted by Crippen LogP contribution is -2.17. The molecule has 4 rings (SSSR count). The number of rotatable bonds is 9. The molecular formula is C21H21ClN4O4S2. The Bertz CT molecular complexity index is 1240. The molecule has 0 saturated heterocycles. The Labute approximate surface area is 195 Å². The van der Waals surface area contributed by atoms with Gasteiger partial charge in [0.25, 0.3) is 0 Å². The molecule has 1 amide bonds. The largest absolute Gasteiger partial charge is 0.484 e. The zero-order chi connectivity index (χ0) is 22.7. The second-order valence-electron chi connectivity index (χ2n) is 7.32. The zero-order valence-electron chi connectivity index (χ0n) is 17.2. The number of aromatic nitrogens is 3. The summed E-state index contributed by atoms with van der Waals surface area (Å²) < 4.78 is 31.7. The second kappa shape index (κ2) is 9.51. The zero-order valence-corrected chi connectivity index (χ0v) is 19.6. The first-order valence-corrected chi connectivity index (χ1v) is 13.1. The first kappa shape index (κ1) is 22.6. The standard InChI is InChI=1S/C21H21ClN4O4S2/c1-32(28,29)18-9-5-3-7-16(18)23-20(27)13-31-21-25-24-19(26(21)14-10-11-14)12-30-17-8-4-2-6-15(17)22/h2-9,14H,10-13H2,1H3,(H,23,27). The number of carbonyl (C=O) groups excluding carboxylic acids is 1. The van der Waals surface area contributed by atoms with Crippen LogP contribution in [0.4, 0.5) is 5.69 Å². The number of nitrogens with zero attached hydrogens (tertiary/aromatic N) is 3. The highest BCUT2D eigenvalue weighted by Crippen LogP contribution is 2.39. The van der Waals surface area contributed by atoms with Crippen molar-refractivity contribution in [3.8, 4) is 5.75 Å². The van der Waals surface area contributed by atoms with Crippen molar-refractivity contribution in [1.29, 1.82) is 0 Å². The van der Waals surface area contributed by atoms with Crippen LogP contribution in [0.1, 0.15) is 24.7 Å². The topological polar surface area (TPSA) is 103 Å². The summed E-state index contributed by atoms with van der Waals surface area (Å²) in [5, 5.41) is 12.3. The van der Waals surface area contributed by atoms with Crippen molar-refractivity contribution in [3.05, 3.63) is 59.4 Å². The molecule has 0 bridgehead atoms. The normalized spacial score (nSPS) is 13.7. The van der Waals surface area contributed by atoms with E-state index in [-0.39, 0.29) is 34.9 Å². The maximum Gasteiger partial charge on any atom is 0.234 e. The summed E-state index contributed by atoms with van der Waals surface area (Å²) in [6.45, 7) is 0.210. The lowest BCUT2D eigenvalue weighted by Gasteiger charge is -2.11. The summed E-state index contributed by atoms with van der Waals surface area (Å²) in [6.07, 6.45) is 3.13. The summed E-state index contributed by atoms with van der Waals surface area (Å²) in [4.78, 5) is 12.6. The number of ether oxygens (including phenoxy) is 1. The van der Waals surface area contributed by atoms with Gasteiger partial charge in [0.1, 0.15) is 12.4 Å². The summed E-state index contributed by atoms with van der Waals surface area (Å²) in [5.74, 6) is 0.967. The molecule has 8 nitrogen and oxygen atoms in total. The van der Waals surface area contributed by atoms with Crippen molar-refractivity contribution >= 4 is 44.8 Å². The third kappa shape index (κ3) is 5.43. The summed E-state index contributed by atoms with van der Waals surface area (Å²) >= 11 is 7.39. The van der Waals surface area contributed by atoms with Gasteiger partial charge in [0.05, 0.1) is 21.4 Å². The molecule has 3 aromatic rings. The van der Waals surface area contributed by atoms with Crippen LogP contribution < -0.4 is 10.1 Å². The Hall–Kier alpha value is -2.56. The van der Waals surface area contributed by atoms with Crippen molar-refractivity contribution in [2.45, 2.75) is 35.5 Å². The van der Waals surface area contributed by atoms with Gasteiger partial charge in [-0.2, -0.15) is 0 Å². The van der Waals surface area contributed by atoms with E-state index in [1.165, 1.54) is 17.8 Å². The van der Waals surface area contributed by atoms with Crippen LogP contribution >= 0.6 is 23.4 Å². The van der Waals surface area contributed by atoms with Crippen molar-refractivity contribution in [1.82, 2.24) is 14.8 Å². The highest BCUT2D eigenvalue weighted by Gasteiger charge is 2.30. The summed E-state index contributed by atoms with van der Waals surface area (Å²) in [5.41, 5.74) is 0.262. The fraction of sp³-hybridized carbons (Fsp3) is 0.286. The van der Waals surface area contributed by atoms with Gasteiger partial charge in [-0.1, -0.05) is 47.6 Å². The highest BCUT2D eigenvalue weighted by molar-refractivity contribution is 7.99. The fourth-order valence-electron chi connectivity index (χ4n) is 3.12. The molecule has 1 aromatic heterocycles. The molecule has 0 spiro atoms. The molecule has 0 aliphatic heterocycles. The van der Waals surface area contributed by atoms with Crippen LogP contribution in [0, 0.1) is 0 Å². The van der Waals surface area contributed by atoms with Gasteiger partial charge in [-0.05, 0) is 37.1 Å². The summed E-state index contributed by atoms with van der Waals surface area (Å²) in [6, 6.07) is 13.8. The maximum absolute atomic E-state index is 12.5. The minimum Gasteiger partial charge on any atom is -0.484 e. The minimum atomic E-state index is -3.46. The van der Waals surface area contributed by atoms with Crippen LogP contribution in [0.2, 0.25) is 5.02 Å². The molecule has 1 heterocycles. The number of hydrogen-bond acceptors (Lipinski definition) is 7. The van der Waals surface area contributed by atoms with E-state index in [9.17, 15) is 13.2 Å². The lowest BCUT2D eigenvalue weighted by molar-refractivity contribution is -0.113. The van der Waals surface area contributed by atoms with Crippen LogP contribution in [0.15, 0.2) is 58.6 Å². The molecule has 1 aliphatic carbocycles. The Balaban J connectivity index is 1.42. The third-order valence-electron chi connectivity index (χ3n) is 4.73. The van der Waals surface area contributed by atoms with Crippen LogP contribution in [-0.4, -0.2) is 41.1 Å². The van der Waals surface area contributed by atoms with Gasteiger partial charge in [-0.3, -0.25) is 9.36 Å². The monoisotopic (exact) mass is 492 g/mol. The van der Waals surface area contributed by atoms with E-state index in [2.05, 4.69) is 15.5 Å². The van der Waals surface area contributed by atoms with Gasteiger partial charge in [0, 0.05) is 12.3 Å². The number of carbonyl (C=O) groups is 1. The van der Waals surface area contributed by atoms with E-state index in [1.54, 1.807) is 30.3 Å². The van der Waals surface area contributed by atoms with Gasteiger partial charge in [0.2, 0.25) is 5.91 Å². The Kier molecular flexibility index (Phi) is 6.73. The number of hydrogen-bond donors (Lipinski definition) is 1. The van der Waals surface area contributed by atoms with Crippen LogP contribution in [0.3, 0.4) is 0 Å². The lowest BCUT2D eigenvalue weighted by atomic mass is 10.3. The molecule has 168 valence electrons. The van der Waals surface area contributed by atoms with E-state index >= 15 is 0 Å². The number of amides is 1. The number of sulfone groups is 1. The molecule has 32 heavy (non-hydrogen) atoms. The van der Waals surface area contributed by atoms with Crippen molar-refractivity contribution < 1.29 is 17.9 Å². The Morgan fingerprint density at radius 3 is 2.62 bits per heavy atom. The average molecular weight is 493 g/mol. The number of thioether (sulfide) groups is 1. The van der Waals surface area contributed by atoms with E-state index in [1.807, 2.05) is 16.7 Å². The van der Waals surface area contributed by atoms with Crippen LogP contribution in [0.25, 0.3) is 0 Å². The van der Waals surface area contributed by atoms with Gasteiger partial charge < -0.3 is 10.1 Å². The molecule has 0 atom stereocenters. The highest BCUT2D eigenvalue weighted by atomic mass is 35.5. The van der Waals surface area contributed by atoms with Gasteiger partial charge in [-0.15, -0.1) is 10.2 Å². The smallest absolute Gasteiger partial charge is 0.234 e. The molecule has 1 fully saturated rings. The molecule has 1 N–H and O–H groups in total. The number of para-hydroxylation sites is 2. The summed E-state index contributed by atoms with van der Waals surface area (Å²) in [7, 11) is -3.46. The van der Waals surface area contributed by atoms with E-state index in [4.69, 9.17) is 16.3 Å². The third-order valence-corrected chi connectivity index (χ3v) is 7.14. The molecule has 0 radical (unpaired) electrons. The molecule has 1 saturated carbocycles. The van der Waals surface area contributed by atoms with E-state index < -0.39 is 9.84 Å². The van der Waals surface area contributed by atoms with Crippen LogP contribution in [-0.2, 0) is 21.2 Å². The first-order valence-electron chi connectivity index (χ1n) is 9.86. The van der Waals surface area contributed by atoms with E-state index in [0.29, 0.717) is 21.8 Å². The number of benzene rings is 2. The Morgan fingerprint density at radius 2 is 1.91 bits per heavy atom. The molecular weight excluding hydrogens is 472 g/mol. The molecule has 2 aromatic carbocycles. The number of nitrogens with one attached hydrogen (secondary N) is 1. The predicted octanol–water partition coefficient (Wildman–Crippen LogP) is 3.98. The SMILES string of the molecule is CS(=O)(=O)c1ccccc1NC(=O)CSc1nnc(COc2ccccc2Cl)n1C1CC1. The number of anilines is 1.